The lowest BCUT2D eigenvalue weighted by Gasteiger charge is -2.08. The van der Waals surface area contributed by atoms with Gasteiger partial charge in [-0.25, -0.2) is 0 Å². The van der Waals surface area contributed by atoms with Gasteiger partial charge < -0.3 is 10.3 Å². The van der Waals surface area contributed by atoms with Crippen molar-refractivity contribution in [2.24, 2.45) is 11.7 Å². The molecule has 108 valence electrons. The summed E-state index contributed by atoms with van der Waals surface area (Å²) in [4.78, 5) is 5.46. The number of nitrogens with two attached hydrogens (primary N) is 1. The first-order valence-corrected chi connectivity index (χ1v) is 7.87. The highest BCUT2D eigenvalue weighted by atomic mass is 35.5. The van der Waals surface area contributed by atoms with E-state index in [1.54, 1.807) is 11.8 Å². The molecule has 0 aliphatic heterocycles. The third kappa shape index (κ3) is 4.51. The number of hydrogen-bond donors (Lipinski definition) is 1. The molecule has 2 aromatic rings. The molecule has 2 N–H and O–H groups in total. The van der Waals surface area contributed by atoms with Gasteiger partial charge in [0, 0.05) is 9.92 Å². The number of aromatic nitrogens is 2. The highest BCUT2D eigenvalue weighted by molar-refractivity contribution is 7.98. The number of benzene rings is 1. The summed E-state index contributed by atoms with van der Waals surface area (Å²) in [6.07, 6.45) is 0.839. The van der Waals surface area contributed by atoms with E-state index in [-0.39, 0.29) is 6.04 Å². The molecule has 0 amide bonds. The minimum atomic E-state index is -0.184. The molecule has 2 rings (SSSR count). The van der Waals surface area contributed by atoms with Gasteiger partial charge in [0.05, 0.1) is 11.8 Å². The van der Waals surface area contributed by atoms with Gasteiger partial charge in [0.25, 0.3) is 0 Å². The van der Waals surface area contributed by atoms with Crippen LogP contribution < -0.4 is 5.73 Å². The van der Waals surface area contributed by atoms with Gasteiger partial charge in [-0.3, -0.25) is 0 Å². The Morgan fingerprint density at radius 3 is 2.65 bits per heavy atom. The summed E-state index contributed by atoms with van der Waals surface area (Å²) < 4.78 is 5.21. The molecule has 6 heteroatoms. The quantitative estimate of drug-likeness (QED) is 0.815. The molecule has 1 atom stereocenters. The zero-order valence-electron chi connectivity index (χ0n) is 11.5. The van der Waals surface area contributed by atoms with Crippen LogP contribution in [-0.2, 0) is 5.75 Å². The Morgan fingerprint density at radius 2 is 2.00 bits per heavy atom. The van der Waals surface area contributed by atoms with Gasteiger partial charge in [0.2, 0.25) is 5.89 Å². The molecule has 1 aromatic carbocycles. The third-order valence-electron chi connectivity index (χ3n) is 2.71. The van der Waals surface area contributed by atoms with Crippen LogP contribution in [0.3, 0.4) is 0 Å². The molecule has 0 radical (unpaired) electrons. The van der Waals surface area contributed by atoms with E-state index in [4.69, 9.17) is 21.9 Å². The molecule has 0 spiro atoms. The van der Waals surface area contributed by atoms with Crippen LogP contribution in [0.1, 0.15) is 38.0 Å². The van der Waals surface area contributed by atoms with Crippen LogP contribution in [0.25, 0.3) is 0 Å². The van der Waals surface area contributed by atoms with Crippen LogP contribution in [0.15, 0.2) is 33.7 Å². The highest BCUT2D eigenvalue weighted by Crippen LogP contribution is 2.24. The fourth-order valence-electron chi connectivity index (χ4n) is 1.76. The lowest BCUT2D eigenvalue weighted by molar-refractivity contribution is 0.333. The molecular formula is C14H18ClN3OS. The fourth-order valence-corrected chi connectivity index (χ4v) is 2.63. The number of rotatable bonds is 6. The molecule has 0 saturated carbocycles. The second-order valence-electron chi connectivity index (χ2n) is 5.03. The molecule has 0 bridgehead atoms. The van der Waals surface area contributed by atoms with Gasteiger partial charge in [-0.1, -0.05) is 30.6 Å². The van der Waals surface area contributed by atoms with Crippen LogP contribution in [0.2, 0.25) is 5.02 Å². The summed E-state index contributed by atoms with van der Waals surface area (Å²) in [7, 11) is 0. The van der Waals surface area contributed by atoms with Crippen molar-refractivity contribution in [3.8, 4) is 0 Å². The summed E-state index contributed by atoms with van der Waals surface area (Å²) in [6.45, 7) is 4.24. The first kappa shape index (κ1) is 15.4. The van der Waals surface area contributed by atoms with Gasteiger partial charge in [0.15, 0.2) is 5.82 Å². The summed E-state index contributed by atoms with van der Waals surface area (Å²) in [5, 5.41) is 4.70. The van der Waals surface area contributed by atoms with E-state index in [0.29, 0.717) is 23.4 Å². The first-order valence-electron chi connectivity index (χ1n) is 6.51. The summed E-state index contributed by atoms with van der Waals surface area (Å²) in [5.41, 5.74) is 6.02. The SMILES string of the molecule is CC(C)C[C@@H](N)c1nc(CSc2ccc(Cl)cc2)no1. The Labute approximate surface area is 128 Å². The van der Waals surface area contributed by atoms with E-state index in [1.807, 2.05) is 24.3 Å². The van der Waals surface area contributed by atoms with Crippen molar-refractivity contribution >= 4 is 23.4 Å². The molecule has 0 aliphatic rings. The molecule has 1 heterocycles. The minimum Gasteiger partial charge on any atom is -0.338 e. The molecular weight excluding hydrogens is 294 g/mol. The molecule has 0 fully saturated rings. The maximum Gasteiger partial charge on any atom is 0.243 e. The van der Waals surface area contributed by atoms with Gasteiger partial charge in [-0.05, 0) is 36.6 Å². The topological polar surface area (TPSA) is 64.9 Å². The fraction of sp³-hybridized carbons (Fsp3) is 0.429. The van der Waals surface area contributed by atoms with E-state index >= 15 is 0 Å². The van der Waals surface area contributed by atoms with Crippen molar-refractivity contribution in [2.75, 3.05) is 0 Å². The van der Waals surface area contributed by atoms with Crippen LogP contribution in [-0.4, -0.2) is 10.1 Å². The normalized spacial score (nSPS) is 12.8. The van der Waals surface area contributed by atoms with Crippen molar-refractivity contribution in [1.29, 1.82) is 0 Å². The smallest absolute Gasteiger partial charge is 0.243 e. The van der Waals surface area contributed by atoms with Gasteiger partial charge in [-0.15, -0.1) is 11.8 Å². The molecule has 0 saturated heterocycles. The monoisotopic (exact) mass is 311 g/mol. The number of hydrogen-bond acceptors (Lipinski definition) is 5. The van der Waals surface area contributed by atoms with Crippen LogP contribution in [0, 0.1) is 5.92 Å². The van der Waals surface area contributed by atoms with Crippen LogP contribution in [0.4, 0.5) is 0 Å². The molecule has 4 nitrogen and oxygen atoms in total. The second-order valence-corrected chi connectivity index (χ2v) is 6.51. The molecule has 0 unspecified atom stereocenters. The summed E-state index contributed by atoms with van der Waals surface area (Å²) >= 11 is 7.48. The lowest BCUT2D eigenvalue weighted by Crippen LogP contribution is -2.13. The maximum atomic E-state index is 6.02. The van der Waals surface area contributed by atoms with Gasteiger partial charge >= 0.3 is 0 Å². The third-order valence-corrected chi connectivity index (χ3v) is 3.97. The summed E-state index contributed by atoms with van der Waals surface area (Å²) in [5.74, 6) is 2.34. The van der Waals surface area contributed by atoms with Crippen molar-refractivity contribution < 1.29 is 4.52 Å². The maximum absolute atomic E-state index is 6.02. The van der Waals surface area contributed by atoms with Crippen molar-refractivity contribution in [3.63, 3.8) is 0 Å². The largest absolute Gasteiger partial charge is 0.338 e. The molecule has 1 aromatic heterocycles. The van der Waals surface area contributed by atoms with E-state index in [9.17, 15) is 0 Å². The van der Waals surface area contributed by atoms with E-state index in [0.717, 1.165) is 16.3 Å². The van der Waals surface area contributed by atoms with E-state index < -0.39 is 0 Å². The van der Waals surface area contributed by atoms with Gasteiger partial charge in [0.1, 0.15) is 0 Å². The number of nitrogens with zero attached hydrogens (tertiary/aromatic N) is 2. The van der Waals surface area contributed by atoms with Crippen molar-refractivity contribution in [3.05, 3.63) is 41.0 Å². The zero-order chi connectivity index (χ0) is 14.5. The van der Waals surface area contributed by atoms with Crippen LogP contribution in [0.5, 0.6) is 0 Å². The average Bonchev–Trinajstić information content (AvgIpc) is 2.86. The minimum absolute atomic E-state index is 0.184. The lowest BCUT2D eigenvalue weighted by atomic mass is 10.0. The van der Waals surface area contributed by atoms with E-state index in [2.05, 4.69) is 24.0 Å². The Kier molecular flexibility index (Phi) is 5.46. The Bertz CT molecular complexity index is 542. The standard InChI is InChI=1S/C14H18ClN3OS/c1-9(2)7-12(16)14-17-13(18-19-14)8-20-11-5-3-10(15)4-6-11/h3-6,9,12H,7-8,16H2,1-2H3/t12-/m1/s1. The van der Waals surface area contributed by atoms with Crippen molar-refractivity contribution in [2.45, 2.75) is 37.0 Å². The van der Waals surface area contributed by atoms with Crippen LogP contribution >= 0.6 is 23.4 Å². The number of thioether (sulfide) groups is 1. The Morgan fingerprint density at radius 1 is 1.30 bits per heavy atom. The van der Waals surface area contributed by atoms with Crippen molar-refractivity contribution in [1.82, 2.24) is 10.1 Å². The Balaban J connectivity index is 1.91. The van der Waals surface area contributed by atoms with E-state index in [1.165, 1.54) is 0 Å². The zero-order valence-corrected chi connectivity index (χ0v) is 13.1. The van der Waals surface area contributed by atoms with Gasteiger partial charge in [-0.2, -0.15) is 4.98 Å². The summed E-state index contributed by atoms with van der Waals surface area (Å²) in [6, 6.07) is 7.49. The molecule has 20 heavy (non-hydrogen) atoms. The highest BCUT2D eigenvalue weighted by Gasteiger charge is 2.16. The Hall–Kier alpha value is -1.04. The first-order chi connectivity index (χ1) is 9.54. The molecule has 0 aliphatic carbocycles. The second kappa shape index (κ2) is 7.11. The number of halogens is 1. The predicted molar refractivity (Wildman–Crippen MR) is 81.7 cm³/mol. The predicted octanol–water partition coefficient (Wildman–Crippen LogP) is 4.06. The average molecular weight is 312 g/mol.